The molecule has 0 spiro atoms. The third-order valence-corrected chi connectivity index (χ3v) is 2.38. The molecule has 1 aromatic carbocycles. The summed E-state index contributed by atoms with van der Waals surface area (Å²) in [6, 6.07) is 3.07. The summed E-state index contributed by atoms with van der Waals surface area (Å²) >= 11 is 0. The van der Waals surface area contributed by atoms with Crippen molar-refractivity contribution in [3.63, 3.8) is 0 Å². The van der Waals surface area contributed by atoms with Crippen LogP contribution in [0, 0.1) is 0 Å². The van der Waals surface area contributed by atoms with Gasteiger partial charge < -0.3 is 20.4 Å². The molecule has 5 nitrogen and oxygen atoms in total. The second kappa shape index (κ2) is 6.99. The van der Waals surface area contributed by atoms with E-state index in [0.717, 1.165) is 12.1 Å². The number of alkyl halides is 3. The standard InChI is InChI=1S/C12H15F3N2O3/c1-2-19-5-6-20-8-3-4-10(12(13,14)15)9(7-8)11(16)17-18/h3-4,7,18H,2,5-6H2,1H3,(H2,16,17). The molecule has 112 valence electrons. The summed E-state index contributed by atoms with van der Waals surface area (Å²) in [5.41, 5.74) is 3.83. The van der Waals surface area contributed by atoms with E-state index in [1.54, 1.807) is 0 Å². The van der Waals surface area contributed by atoms with Gasteiger partial charge in [-0.15, -0.1) is 0 Å². The number of nitrogens with two attached hydrogens (primary N) is 1. The Balaban J connectivity index is 2.97. The van der Waals surface area contributed by atoms with Gasteiger partial charge in [-0.25, -0.2) is 0 Å². The third-order valence-electron chi connectivity index (χ3n) is 2.38. The molecule has 0 aromatic heterocycles. The molecular weight excluding hydrogens is 277 g/mol. The Kier molecular flexibility index (Phi) is 5.63. The first-order chi connectivity index (χ1) is 9.40. The minimum absolute atomic E-state index is 0.180. The Morgan fingerprint density at radius 3 is 2.60 bits per heavy atom. The van der Waals surface area contributed by atoms with E-state index in [2.05, 4.69) is 5.16 Å². The maximum absolute atomic E-state index is 12.8. The Morgan fingerprint density at radius 2 is 2.05 bits per heavy atom. The quantitative estimate of drug-likeness (QED) is 0.277. The maximum atomic E-state index is 12.8. The highest BCUT2D eigenvalue weighted by Gasteiger charge is 2.34. The van der Waals surface area contributed by atoms with E-state index in [-0.39, 0.29) is 12.4 Å². The summed E-state index contributed by atoms with van der Waals surface area (Å²) in [6.07, 6.45) is -4.60. The Morgan fingerprint density at radius 1 is 1.35 bits per heavy atom. The zero-order chi connectivity index (χ0) is 15.2. The average Bonchev–Trinajstić information content (AvgIpc) is 2.41. The van der Waals surface area contributed by atoms with Crippen molar-refractivity contribution in [3.8, 4) is 5.75 Å². The van der Waals surface area contributed by atoms with Crippen molar-refractivity contribution in [1.29, 1.82) is 0 Å². The van der Waals surface area contributed by atoms with Crippen LogP contribution < -0.4 is 10.5 Å². The van der Waals surface area contributed by atoms with Gasteiger partial charge in [0.05, 0.1) is 12.2 Å². The molecule has 0 aliphatic carbocycles. The van der Waals surface area contributed by atoms with Crippen molar-refractivity contribution in [1.82, 2.24) is 0 Å². The van der Waals surface area contributed by atoms with Crippen LogP contribution in [0.3, 0.4) is 0 Å². The second-order valence-corrected chi connectivity index (χ2v) is 3.74. The summed E-state index contributed by atoms with van der Waals surface area (Å²) in [6.45, 7) is 2.84. The van der Waals surface area contributed by atoms with Gasteiger partial charge in [0.15, 0.2) is 5.84 Å². The lowest BCUT2D eigenvalue weighted by atomic mass is 10.1. The van der Waals surface area contributed by atoms with Gasteiger partial charge in [-0.3, -0.25) is 0 Å². The van der Waals surface area contributed by atoms with Crippen LogP contribution in [0.5, 0.6) is 5.75 Å². The average molecular weight is 292 g/mol. The summed E-state index contributed by atoms with van der Waals surface area (Å²) in [5, 5.41) is 11.1. The van der Waals surface area contributed by atoms with E-state index in [1.165, 1.54) is 6.07 Å². The van der Waals surface area contributed by atoms with Gasteiger partial charge in [0.1, 0.15) is 12.4 Å². The Hall–Kier alpha value is -1.96. The van der Waals surface area contributed by atoms with Crippen molar-refractivity contribution in [2.24, 2.45) is 10.9 Å². The first kappa shape index (κ1) is 16.1. The number of oxime groups is 1. The van der Waals surface area contributed by atoms with Crippen LogP contribution in [-0.2, 0) is 10.9 Å². The normalized spacial score (nSPS) is 12.5. The monoisotopic (exact) mass is 292 g/mol. The Bertz CT molecular complexity index is 476. The van der Waals surface area contributed by atoms with Crippen LogP contribution in [0.15, 0.2) is 23.4 Å². The van der Waals surface area contributed by atoms with Crippen molar-refractivity contribution >= 4 is 5.84 Å². The van der Waals surface area contributed by atoms with Crippen LogP contribution in [0.2, 0.25) is 0 Å². The molecule has 1 aromatic rings. The number of benzene rings is 1. The number of amidine groups is 1. The molecule has 0 saturated carbocycles. The van der Waals surface area contributed by atoms with Crippen LogP contribution in [-0.4, -0.2) is 30.9 Å². The third kappa shape index (κ3) is 4.30. The Labute approximate surface area is 113 Å². The van der Waals surface area contributed by atoms with E-state index in [0.29, 0.717) is 13.2 Å². The topological polar surface area (TPSA) is 77.1 Å². The first-order valence-corrected chi connectivity index (χ1v) is 5.79. The van der Waals surface area contributed by atoms with Crippen LogP contribution in [0.25, 0.3) is 0 Å². The highest BCUT2D eigenvalue weighted by molar-refractivity contribution is 5.99. The van der Waals surface area contributed by atoms with E-state index < -0.39 is 23.1 Å². The molecule has 0 saturated heterocycles. The molecule has 0 bridgehead atoms. The molecule has 3 N–H and O–H groups in total. The van der Waals surface area contributed by atoms with Gasteiger partial charge in [0.25, 0.3) is 0 Å². The highest BCUT2D eigenvalue weighted by atomic mass is 19.4. The number of rotatable bonds is 6. The molecule has 0 aliphatic rings. The first-order valence-electron chi connectivity index (χ1n) is 5.79. The van der Waals surface area contributed by atoms with Gasteiger partial charge in [0.2, 0.25) is 0 Å². The number of nitrogens with zero attached hydrogens (tertiary/aromatic N) is 1. The molecule has 0 unspecified atom stereocenters. The summed E-state index contributed by atoms with van der Waals surface area (Å²) in [4.78, 5) is 0. The van der Waals surface area contributed by atoms with Gasteiger partial charge in [-0.1, -0.05) is 5.16 Å². The predicted octanol–water partition coefficient (Wildman–Crippen LogP) is 2.22. The van der Waals surface area contributed by atoms with Crippen LogP contribution >= 0.6 is 0 Å². The lowest BCUT2D eigenvalue weighted by molar-refractivity contribution is -0.137. The minimum atomic E-state index is -4.60. The van der Waals surface area contributed by atoms with Gasteiger partial charge in [-0.2, -0.15) is 13.2 Å². The number of ether oxygens (including phenoxy) is 2. The second-order valence-electron chi connectivity index (χ2n) is 3.74. The molecule has 1 rings (SSSR count). The fourth-order valence-electron chi connectivity index (χ4n) is 1.49. The molecule has 20 heavy (non-hydrogen) atoms. The molecule has 0 aliphatic heterocycles. The van der Waals surface area contributed by atoms with E-state index in [1.807, 2.05) is 6.92 Å². The fourth-order valence-corrected chi connectivity index (χ4v) is 1.49. The van der Waals surface area contributed by atoms with Crippen LogP contribution in [0.1, 0.15) is 18.1 Å². The molecule has 0 amide bonds. The number of hydrogen-bond donors (Lipinski definition) is 2. The molecule has 0 radical (unpaired) electrons. The zero-order valence-electron chi connectivity index (χ0n) is 10.8. The zero-order valence-corrected chi connectivity index (χ0v) is 10.8. The predicted molar refractivity (Wildman–Crippen MR) is 65.9 cm³/mol. The number of halogens is 3. The SMILES string of the molecule is CCOCCOc1ccc(C(F)(F)F)c(/C(N)=N/O)c1. The smallest absolute Gasteiger partial charge is 0.417 e. The van der Waals surface area contributed by atoms with Gasteiger partial charge in [0, 0.05) is 12.2 Å². The summed E-state index contributed by atoms with van der Waals surface area (Å²) in [5.74, 6) is -0.452. The van der Waals surface area contributed by atoms with Gasteiger partial charge in [-0.05, 0) is 25.1 Å². The van der Waals surface area contributed by atoms with E-state index >= 15 is 0 Å². The van der Waals surface area contributed by atoms with E-state index in [9.17, 15) is 13.2 Å². The molecule has 8 heteroatoms. The van der Waals surface area contributed by atoms with Crippen molar-refractivity contribution < 1.29 is 27.9 Å². The van der Waals surface area contributed by atoms with E-state index in [4.69, 9.17) is 20.4 Å². The summed E-state index contributed by atoms with van der Waals surface area (Å²) in [7, 11) is 0. The molecule has 0 heterocycles. The highest BCUT2D eigenvalue weighted by Crippen LogP contribution is 2.33. The number of hydrogen-bond acceptors (Lipinski definition) is 4. The van der Waals surface area contributed by atoms with Crippen molar-refractivity contribution in [2.45, 2.75) is 13.1 Å². The van der Waals surface area contributed by atoms with Crippen molar-refractivity contribution in [3.05, 3.63) is 29.3 Å². The molecule has 0 atom stereocenters. The van der Waals surface area contributed by atoms with Gasteiger partial charge >= 0.3 is 6.18 Å². The summed E-state index contributed by atoms with van der Waals surface area (Å²) < 4.78 is 48.6. The molecular formula is C12H15F3N2O3. The maximum Gasteiger partial charge on any atom is 0.417 e. The minimum Gasteiger partial charge on any atom is -0.491 e. The fraction of sp³-hybridized carbons (Fsp3) is 0.417. The van der Waals surface area contributed by atoms with Crippen molar-refractivity contribution in [2.75, 3.05) is 19.8 Å². The largest absolute Gasteiger partial charge is 0.491 e. The lowest BCUT2D eigenvalue weighted by Crippen LogP contribution is -2.20. The molecule has 0 fully saturated rings. The lowest BCUT2D eigenvalue weighted by Gasteiger charge is -2.14. The van der Waals surface area contributed by atoms with Crippen LogP contribution in [0.4, 0.5) is 13.2 Å².